The molecule has 0 atom stereocenters. The molecule has 2 heterocycles. The topological polar surface area (TPSA) is 74.8 Å². The number of nitrogens with one attached hydrogen (secondary N) is 1. The summed E-state index contributed by atoms with van der Waals surface area (Å²) in [6.07, 6.45) is 3.22. The molecule has 0 radical (unpaired) electrons. The van der Waals surface area contributed by atoms with E-state index in [0.717, 1.165) is 5.52 Å². The lowest BCUT2D eigenvalue weighted by Gasteiger charge is -2.09. The SMILES string of the molecule is CN(C)C(=O)Cc1ncnc2nc[nH]c12. The van der Waals surface area contributed by atoms with Gasteiger partial charge >= 0.3 is 0 Å². The molecule has 15 heavy (non-hydrogen) atoms. The first-order valence-corrected chi connectivity index (χ1v) is 4.51. The van der Waals surface area contributed by atoms with Gasteiger partial charge in [0, 0.05) is 14.1 Å². The zero-order valence-corrected chi connectivity index (χ0v) is 8.56. The predicted octanol–water partition coefficient (Wildman–Crippen LogP) is -0.0164. The van der Waals surface area contributed by atoms with Crippen molar-refractivity contribution < 1.29 is 4.79 Å². The third-order valence-corrected chi connectivity index (χ3v) is 2.12. The first-order chi connectivity index (χ1) is 7.18. The minimum Gasteiger partial charge on any atom is -0.348 e. The minimum atomic E-state index is 0.00426. The van der Waals surface area contributed by atoms with Gasteiger partial charge in [0.25, 0.3) is 0 Å². The number of aromatic nitrogens is 4. The van der Waals surface area contributed by atoms with Crippen molar-refractivity contribution in [1.82, 2.24) is 24.8 Å². The molecule has 0 saturated heterocycles. The lowest BCUT2D eigenvalue weighted by molar-refractivity contribution is -0.128. The summed E-state index contributed by atoms with van der Waals surface area (Å²) in [7, 11) is 3.43. The molecule has 2 aromatic rings. The van der Waals surface area contributed by atoms with Crippen LogP contribution in [0.5, 0.6) is 0 Å². The van der Waals surface area contributed by atoms with Crippen LogP contribution < -0.4 is 0 Å². The predicted molar refractivity (Wildman–Crippen MR) is 54.1 cm³/mol. The van der Waals surface area contributed by atoms with Gasteiger partial charge in [0.15, 0.2) is 5.65 Å². The van der Waals surface area contributed by atoms with Gasteiger partial charge in [0.1, 0.15) is 11.8 Å². The highest BCUT2D eigenvalue weighted by atomic mass is 16.2. The molecule has 2 aromatic heterocycles. The number of imidazole rings is 1. The number of hydrogen-bond acceptors (Lipinski definition) is 4. The van der Waals surface area contributed by atoms with E-state index in [1.807, 2.05) is 0 Å². The quantitative estimate of drug-likeness (QED) is 0.747. The number of carbonyl (C=O) groups excluding carboxylic acids is 1. The third-order valence-electron chi connectivity index (χ3n) is 2.12. The maximum absolute atomic E-state index is 11.5. The second kappa shape index (κ2) is 3.64. The van der Waals surface area contributed by atoms with Crippen LogP contribution in [0.4, 0.5) is 0 Å². The number of fused-ring (bicyclic) bond motifs is 1. The van der Waals surface area contributed by atoms with E-state index < -0.39 is 0 Å². The number of amides is 1. The van der Waals surface area contributed by atoms with Gasteiger partial charge < -0.3 is 9.88 Å². The van der Waals surface area contributed by atoms with Gasteiger partial charge in [-0.1, -0.05) is 0 Å². The monoisotopic (exact) mass is 205 g/mol. The zero-order valence-electron chi connectivity index (χ0n) is 8.56. The second-order valence-electron chi connectivity index (χ2n) is 3.39. The van der Waals surface area contributed by atoms with E-state index in [2.05, 4.69) is 19.9 Å². The van der Waals surface area contributed by atoms with Gasteiger partial charge in [-0.2, -0.15) is 0 Å². The molecule has 6 heteroatoms. The first kappa shape index (κ1) is 9.57. The Bertz CT molecular complexity index is 490. The van der Waals surface area contributed by atoms with Crippen molar-refractivity contribution in [2.45, 2.75) is 6.42 Å². The summed E-state index contributed by atoms with van der Waals surface area (Å²) in [5.74, 6) is 0.00426. The van der Waals surface area contributed by atoms with Crippen molar-refractivity contribution in [2.24, 2.45) is 0 Å². The number of likely N-dealkylation sites (N-methyl/N-ethyl adjacent to an activating group) is 1. The molecule has 6 nitrogen and oxygen atoms in total. The van der Waals surface area contributed by atoms with Crippen molar-refractivity contribution in [2.75, 3.05) is 14.1 Å². The van der Waals surface area contributed by atoms with Crippen LogP contribution in [0.25, 0.3) is 11.2 Å². The smallest absolute Gasteiger partial charge is 0.228 e. The molecule has 0 aliphatic carbocycles. The number of H-pyrrole nitrogens is 1. The highest BCUT2D eigenvalue weighted by molar-refractivity contribution is 5.83. The molecule has 2 rings (SSSR count). The average molecular weight is 205 g/mol. The average Bonchev–Trinajstić information content (AvgIpc) is 2.66. The Balaban J connectivity index is 2.35. The van der Waals surface area contributed by atoms with Crippen LogP contribution in [0.1, 0.15) is 5.69 Å². The Hall–Kier alpha value is -1.98. The molecule has 0 aromatic carbocycles. The molecular weight excluding hydrogens is 194 g/mol. The van der Waals surface area contributed by atoms with Crippen molar-refractivity contribution in [3.63, 3.8) is 0 Å². The van der Waals surface area contributed by atoms with Crippen LogP contribution in [-0.4, -0.2) is 44.8 Å². The van der Waals surface area contributed by atoms with Crippen LogP contribution in [-0.2, 0) is 11.2 Å². The summed E-state index contributed by atoms with van der Waals surface area (Å²) in [6, 6.07) is 0. The largest absolute Gasteiger partial charge is 0.348 e. The molecule has 0 bridgehead atoms. The highest BCUT2D eigenvalue weighted by Gasteiger charge is 2.11. The van der Waals surface area contributed by atoms with Gasteiger partial charge in [-0.3, -0.25) is 4.79 Å². The maximum Gasteiger partial charge on any atom is 0.228 e. The first-order valence-electron chi connectivity index (χ1n) is 4.51. The number of hydrogen-bond donors (Lipinski definition) is 1. The van der Waals surface area contributed by atoms with E-state index in [0.29, 0.717) is 11.3 Å². The maximum atomic E-state index is 11.5. The van der Waals surface area contributed by atoms with Gasteiger partial charge in [-0.15, -0.1) is 0 Å². The second-order valence-corrected chi connectivity index (χ2v) is 3.39. The van der Waals surface area contributed by atoms with Crippen molar-refractivity contribution in [3.8, 4) is 0 Å². The Kier molecular flexibility index (Phi) is 2.32. The summed E-state index contributed by atoms with van der Waals surface area (Å²) in [5, 5.41) is 0. The molecule has 78 valence electrons. The zero-order chi connectivity index (χ0) is 10.8. The van der Waals surface area contributed by atoms with Crippen molar-refractivity contribution in [1.29, 1.82) is 0 Å². The van der Waals surface area contributed by atoms with Gasteiger partial charge in [0.2, 0.25) is 5.91 Å². The van der Waals surface area contributed by atoms with Gasteiger partial charge in [-0.05, 0) is 0 Å². The fourth-order valence-electron chi connectivity index (χ4n) is 1.25. The van der Waals surface area contributed by atoms with Crippen LogP contribution in [0.3, 0.4) is 0 Å². The summed E-state index contributed by atoms with van der Waals surface area (Å²) < 4.78 is 0. The Morgan fingerprint density at radius 1 is 1.40 bits per heavy atom. The van der Waals surface area contributed by atoms with Crippen LogP contribution >= 0.6 is 0 Å². The molecule has 0 saturated carbocycles. The van der Waals surface area contributed by atoms with Crippen molar-refractivity contribution in [3.05, 3.63) is 18.3 Å². The summed E-state index contributed by atoms with van der Waals surface area (Å²) in [4.78, 5) is 28.0. The third kappa shape index (κ3) is 1.78. The Labute approximate surface area is 86.4 Å². The highest BCUT2D eigenvalue weighted by Crippen LogP contribution is 2.10. The standard InChI is InChI=1S/C9H11N5O/c1-14(2)7(15)3-6-8-9(12-4-10-6)13-5-11-8/h4-5H,3H2,1-2H3,(H,10,11,12,13). The molecule has 0 aliphatic rings. The van der Waals surface area contributed by atoms with E-state index in [9.17, 15) is 4.79 Å². The molecule has 0 spiro atoms. The summed E-state index contributed by atoms with van der Waals surface area (Å²) in [5.41, 5.74) is 2.00. The molecule has 0 unspecified atom stereocenters. The van der Waals surface area contributed by atoms with Crippen LogP contribution in [0.15, 0.2) is 12.7 Å². The van der Waals surface area contributed by atoms with Crippen molar-refractivity contribution >= 4 is 17.1 Å². The van der Waals surface area contributed by atoms with Crippen LogP contribution in [0.2, 0.25) is 0 Å². The molecule has 1 N–H and O–H groups in total. The van der Waals surface area contributed by atoms with E-state index in [1.54, 1.807) is 20.4 Å². The molecule has 1 amide bonds. The van der Waals surface area contributed by atoms with E-state index in [-0.39, 0.29) is 12.3 Å². The number of aromatic amines is 1. The lowest BCUT2D eigenvalue weighted by atomic mass is 10.2. The van der Waals surface area contributed by atoms with Gasteiger partial charge in [-0.25, -0.2) is 15.0 Å². The van der Waals surface area contributed by atoms with Crippen LogP contribution in [0, 0.1) is 0 Å². The minimum absolute atomic E-state index is 0.00426. The molecule has 0 aliphatic heterocycles. The van der Waals surface area contributed by atoms with Gasteiger partial charge in [0.05, 0.1) is 18.4 Å². The molecular formula is C9H11N5O. The number of nitrogens with zero attached hydrogens (tertiary/aromatic N) is 4. The number of carbonyl (C=O) groups is 1. The fraction of sp³-hybridized carbons (Fsp3) is 0.333. The molecule has 0 fully saturated rings. The number of rotatable bonds is 2. The van der Waals surface area contributed by atoms with E-state index in [4.69, 9.17) is 0 Å². The van der Waals surface area contributed by atoms with E-state index >= 15 is 0 Å². The summed E-state index contributed by atoms with van der Waals surface area (Å²) in [6.45, 7) is 0. The Morgan fingerprint density at radius 3 is 2.93 bits per heavy atom. The van der Waals surface area contributed by atoms with E-state index in [1.165, 1.54) is 11.2 Å². The Morgan fingerprint density at radius 2 is 2.20 bits per heavy atom. The lowest BCUT2D eigenvalue weighted by Crippen LogP contribution is -2.24. The fourth-order valence-corrected chi connectivity index (χ4v) is 1.25. The normalized spacial score (nSPS) is 10.5. The summed E-state index contributed by atoms with van der Waals surface area (Å²) >= 11 is 0.